The van der Waals surface area contributed by atoms with Crippen molar-refractivity contribution in [2.75, 3.05) is 11.6 Å². The van der Waals surface area contributed by atoms with Gasteiger partial charge in [0, 0.05) is 11.7 Å². The molecule has 2 unspecified atom stereocenters. The molecule has 0 bridgehead atoms. The predicted molar refractivity (Wildman–Crippen MR) is 143 cm³/mol. The molecule has 0 fully saturated rings. The Hall–Kier alpha value is -0.890. The van der Waals surface area contributed by atoms with Crippen LogP contribution < -0.4 is 0 Å². The molecule has 0 radical (unpaired) electrons. The lowest BCUT2D eigenvalue weighted by atomic mass is 9.84. The van der Waals surface area contributed by atoms with Gasteiger partial charge >= 0.3 is 0 Å². The average Bonchev–Trinajstić information content (AvgIpc) is 2.80. The van der Waals surface area contributed by atoms with Crippen molar-refractivity contribution in [3.63, 3.8) is 0 Å². The van der Waals surface area contributed by atoms with Gasteiger partial charge in [0.2, 0.25) is 0 Å². The van der Waals surface area contributed by atoms with Gasteiger partial charge in [-0.2, -0.15) is 0 Å². The Bertz CT molecular complexity index is 679. The SMILES string of the molecule is C=NSCCCCC(C1=CCCC=C1)c1ccccc1.CBr.PC1=CCCC=C1. The van der Waals surface area contributed by atoms with Crippen molar-refractivity contribution < 1.29 is 0 Å². The van der Waals surface area contributed by atoms with Crippen molar-refractivity contribution >= 4 is 43.8 Å². The van der Waals surface area contributed by atoms with Crippen LogP contribution in [0.1, 0.15) is 56.4 Å². The van der Waals surface area contributed by atoms with E-state index in [1.54, 1.807) is 11.9 Å². The van der Waals surface area contributed by atoms with E-state index >= 15 is 0 Å². The van der Waals surface area contributed by atoms with Crippen LogP contribution in [0.15, 0.2) is 82.1 Å². The average molecular weight is 493 g/mol. The maximum atomic E-state index is 3.84. The molecule has 158 valence electrons. The predicted octanol–water partition coefficient (Wildman–Crippen LogP) is 8.67. The summed E-state index contributed by atoms with van der Waals surface area (Å²) in [7, 11) is 2.68. The molecule has 0 saturated carbocycles. The third-order valence-electron chi connectivity index (χ3n) is 4.72. The molecule has 3 rings (SSSR count). The zero-order chi connectivity index (χ0) is 21.2. The van der Waals surface area contributed by atoms with Gasteiger partial charge in [-0.15, -0.1) is 9.24 Å². The largest absolute Gasteiger partial charge is 0.232 e. The second-order valence-electron chi connectivity index (χ2n) is 6.79. The summed E-state index contributed by atoms with van der Waals surface area (Å²) in [4.78, 5) is 0. The topological polar surface area (TPSA) is 12.4 Å². The monoisotopic (exact) mass is 491 g/mol. The number of hydrogen-bond acceptors (Lipinski definition) is 2. The Morgan fingerprint density at radius 1 is 1.00 bits per heavy atom. The number of nitrogens with zero attached hydrogens (tertiary/aromatic N) is 1. The third-order valence-corrected chi connectivity index (χ3v) is 5.80. The lowest BCUT2D eigenvalue weighted by Crippen LogP contribution is -2.03. The van der Waals surface area contributed by atoms with Crippen LogP contribution in [0.2, 0.25) is 0 Å². The van der Waals surface area contributed by atoms with Crippen LogP contribution in [-0.4, -0.2) is 18.3 Å². The summed E-state index contributed by atoms with van der Waals surface area (Å²) in [6.07, 6.45) is 22.1. The van der Waals surface area contributed by atoms with E-state index in [9.17, 15) is 0 Å². The van der Waals surface area contributed by atoms with Crippen molar-refractivity contribution in [3.05, 3.63) is 83.2 Å². The zero-order valence-corrected chi connectivity index (χ0v) is 21.2. The summed E-state index contributed by atoms with van der Waals surface area (Å²) in [6, 6.07) is 10.9. The second kappa shape index (κ2) is 17.9. The van der Waals surface area contributed by atoms with E-state index in [2.05, 4.69) is 103 Å². The number of unbranched alkanes of at least 4 members (excludes halogenated alkanes) is 1. The van der Waals surface area contributed by atoms with Crippen LogP contribution in [0.25, 0.3) is 0 Å². The zero-order valence-electron chi connectivity index (χ0n) is 17.6. The Morgan fingerprint density at radius 2 is 1.69 bits per heavy atom. The maximum absolute atomic E-state index is 3.84. The van der Waals surface area contributed by atoms with Gasteiger partial charge < -0.3 is 0 Å². The number of hydrogen-bond donors (Lipinski definition) is 0. The molecule has 0 aromatic heterocycles. The first-order valence-electron chi connectivity index (χ1n) is 10.3. The van der Waals surface area contributed by atoms with E-state index in [-0.39, 0.29) is 0 Å². The molecule has 0 saturated heterocycles. The first-order chi connectivity index (χ1) is 14.3. The highest BCUT2D eigenvalue weighted by molar-refractivity contribution is 9.08. The number of benzene rings is 1. The lowest BCUT2D eigenvalue weighted by Gasteiger charge is -2.21. The molecule has 0 N–H and O–H groups in total. The minimum Gasteiger partial charge on any atom is -0.232 e. The third kappa shape index (κ3) is 11.8. The van der Waals surface area contributed by atoms with Crippen LogP contribution in [0, 0.1) is 0 Å². The molecular weight excluding hydrogens is 457 g/mol. The number of alkyl halides is 1. The fourth-order valence-electron chi connectivity index (χ4n) is 3.32. The van der Waals surface area contributed by atoms with Crippen LogP contribution in [0.3, 0.4) is 0 Å². The quantitative estimate of drug-likeness (QED) is 0.116. The van der Waals surface area contributed by atoms with Gasteiger partial charge in [0.05, 0.1) is 0 Å². The van der Waals surface area contributed by atoms with Gasteiger partial charge in [0.15, 0.2) is 0 Å². The number of halogens is 1. The van der Waals surface area contributed by atoms with E-state index in [0.717, 1.165) is 5.75 Å². The Kier molecular flexibility index (Phi) is 16.2. The van der Waals surface area contributed by atoms with Crippen molar-refractivity contribution in [3.8, 4) is 0 Å². The van der Waals surface area contributed by atoms with Crippen LogP contribution in [0.4, 0.5) is 0 Å². The highest BCUT2D eigenvalue weighted by Gasteiger charge is 2.15. The molecule has 4 heteroatoms. The van der Waals surface area contributed by atoms with Crippen molar-refractivity contribution in [2.45, 2.75) is 50.9 Å². The fourth-order valence-corrected chi connectivity index (χ4v) is 4.08. The summed E-state index contributed by atoms with van der Waals surface area (Å²) in [5.74, 6) is 3.45. The van der Waals surface area contributed by atoms with Gasteiger partial charge in [-0.25, -0.2) is 4.40 Å². The van der Waals surface area contributed by atoms with Crippen LogP contribution in [-0.2, 0) is 0 Å². The van der Waals surface area contributed by atoms with Crippen molar-refractivity contribution in [1.82, 2.24) is 0 Å². The normalized spacial score (nSPS) is 15.7. The first-order valence-corrected chi connectivity index (χ1v) is 13.4. The fraction of sp³-hybridized carbons (Fsp3) is 0.400. The molecule has 0 spiro atoms. The molecule has 0 amide bonds. The summed E-state index contributed by atoms with van der Waals surface area (Å²) in [6.45, 7) is 3.51. The molecule has 2 atom stereocenters. The molecule has 1 aromatic carbocycles. The molecule has 2 aliphatic carbocycles. The summed E-state index contributed by atoms with van der Waals surface area (Å²) >= 11 is 4.51. The second-order valence-corrected chi connectivity index (χ2v) is 8.38. The van der Waals surface area contributed by atoms with Gasteiger partial charge in [-0.1, -0.05) is 89.1 Å². The van der Waals surface area contributed by atoms with Crippen LogP contribution in [0.5, 0.6) is 0 Å². The van der Waals surface area contributed by atoms with E-state index in [1.807, 2.05) is 5.83 Å². The van der Waals surface area contributed by atoms with Crippen molar-refractivity contribution in [2.24, 2.45) is 4.40 Å². The molecule has 0 heterocycles. The van der Waals surface area contributed by atoms with Gasteiger partial charge in [-0.3, -0.25) is 0 Å². The smallest absolute Gasteiger partial charge is 0.0153 e. The first kappa shape index (κ1) is 26.1. The van der Waals surface area contributed by atoms with Gasteiger partial charge in [0.1, 0.15) is 0 Å². The number of allylic oxidation sites excluding steroid dienone is 8. The standard InChI is InChI=1S/C18H23NS.C6H9P.CH3Br/c1-19-20-15-9-8-14-18(16-10-4-2-5-11-16)17-12-6-3-7-13-17;7-6-4-2-1-3-5-6;1-2/h2,4-6,10-13,18H,1,3,7-9,14-15H2;2,4-5H,1,3,7H2;1H3. The van der Waals surface area contributed by atoms with Gasteiger partial charge in [0.25, 0.3) is 0 Å². The minimum absolute atomic E-state index is 0.550. The molecule has 0 aliphatic heterocycles. The minimum atomic E-state index is 0.550. The summed E-state index contributed by atoms with van der Waals surface area (Å²) in [5.41, 5.74) is 2.94. The van der Waals surface area contributed by atoms with Gasteiger partial charge in [-0.05, 0) is 79.5 Å². The molecule has 1 nitrogen and oxygen atoms in total. The Morgan fingerprint density at radius 3 is 2.21 bits per heavy atom. The van der Waals surface area contributed by atoms with E-state index in [1.165, 1.54) is 61.4 Å². The van der Waals surface area contributed by atoms with E-state index in [4.69, 9.17) is 0 Å². The molecule has 2 aliphatic rings. The summed E-state index contributed by atoms with van der Waals surface area (Å²) in [5, 5.41) is 1.33. The Labute approximate surface area is 193 Å². The lowest BCUT2D eigenvalue weighted by molar-refractivity contribution is 0.648. The number of rotatable bonds is 8. The van der Waals surface area contributed by atoms with E-state index < -0.39 is 0 Å². The van der Waals surface area contributed by atoms with E-state index in [0.29, 0.717) is 5.92 Å². The highest BCUT2D eigenvalue weighted by Crippen LogP contribution is 2.32. The molecule has 29 heavy (non-hydrogen) atoms. The maximum Gasteiger partial charge on any atom is 0.0153 e. The summed E-state index contributed by atoms with van der Waals surface area (Å²) < 4.78 is 3.84. The molecular formula is C25H35BrNPS. The highest BCUT2D eigenvalue weighted by atomic mass is 79.9. The van der Waals surface area contributed by atoms with Crippen molar-refractivity contribution in [1.29, 1.82) is 0 Å². The Balaban J connectivity index is 0.000000390. The molecule has 1 aromatic rings. The van der Waals surface area contributed by atoms with Crippen LogP contribution >= 0.6 is 37.1 Å².